The summed E-state index contributed by atoms with van der Waals surface area (Å²) >= 11 is 0. The summed E-state index contributed by atoms with van der Waals surface area (Å²) in [5.74, 6) is 0. The second-order valence-electron chi connectivity index (χ2n) is 2.25. The molecule has 0 amide bonds. The van der Waals surface area contributed by atoms with Crippen LogP contribution in [0.3, 0.4) is 0 Å². The predicted octanol–water partition coefficient (Wildman–Crippen LogP) is 2.39. The van der Waals surface area contributed by atoms with E-state index in [0.717, 1.165) is 13.1 Å². The van der Waals surface area contributed by atoms with Crippen LogP contribution < -0.4 is 11.1 Å². The quantitative estimate of drug-likeness (QED) is 0.690. The van der Waals surface area contributed by atoms with Gasteiger partial charge in [0, 0.05) is 13.1 Å². The van der Waals surface area contributed by atoms with Crippen molar-refractivity contribution in [2.45, 2.75) is 47.0 Å². The van der Waals surface area contributed by atoms with Crippen LogP contribution in [0.4, 0.5) is 0 Å². The minimum atomic E-state index is 0.733. The van der Waals surface area contributed by atoms with Crippen molar-refractivity contribution in [3.8, 4) is 0 Å². The SMILES string of the molecule is CC.CCCCC.CNCCN. The summed E-state index contributed by atoms with van der Waals surface area (Å²) in [7, 11) is 1.88. The van der Waals surface area contributed by atoms with E-state index in [-0.39, 0.29) is 0 Å². The van der Waals surface area contributed by atoms with Crippen LogP contribution in [0, 0.1) is 0 Å². The summed E-state index contributed by atoms with van der Waals surface area (Å²) in [6, 6.07) is 0. The van der Waals surface area contributed by atoms with Crippen molar-refractivity contribution in [1.82, 2.24) is 5.32 Å². The summed E-state index contributed by atoms with van der Waals surface area (Å²) in [5, 5.41) is 2.89. The Hall–Kier alpha value is -0.0800. The first-order valence-corrected chi connectivity index (χ1v) is 5.18. The lowest BCUT2D eigenvalue weighted by Gasteiger charge is -1.85. The maximum absolute atomic E-state index is 5.08. The molecule has 0 aliphatic heterocycles. The molecule has 0 bridgehead atoms. The minimum Gasteiger partial charge on any atom is -0.329 e. The van der Waals surface area contributed by atoms with Gasteiger partial charge in [-0.2, -0.15) is 0 Å². The molecule has 0 spiro atoms. The number of nitrogens with one attached hydrogen (secondary N) is 1. The minimum absolute atomic E-state index is 0.733. The summed E-state index contributed by atoms with van der Waals surface area (Å²) in [6.45, 7) is 10.1. The third kappa shape index (κ3) is 51.4. The van der Waals surface area contributed by atoms with E-state index < -0.39 is 0 Å². The van der Waals surface area contributed by atoms with E-state index in [0.29, 0.717) is 0 Å². The molecular formula is C10H28N2. The Kier molecular flexibility index (Phi) is 45.6. The molecular weight excluding hydrogens is 148 g/mol. The largest absolute Gasteiger partial charge is 0.329 e. The second kappa shape index (κ2) is 30.7. The summed E-state index contributed by atoms with van der Waals surface area (Å²) in [5.41, 5.74) is 5.08. The fourth-order valence-electron chi connectivity index (χ4n) is 0.498. The van der Waals surface area contributed by atoms with Crippen LogP contribution >= 0.6 is 0 Å². The van der Waals surface area contributed by atoms with Crippen molar-refractivity contribution in [3.63, 3.8) is 0 Å². The maximum atomic E-state index is 5.08. The van der Waals surface area contributed by atoms with E-state index >= 15 is 0 Å². The van der Waals surface area contributed by atoms with Gasteiger partial charge in [0.1, 0.15) is 0 Å². The highest BCUT2D eigenvalue weighted by atomic mass is 14.8. The fraction of sp³-hybridized carbons (Fsp3) is 1.00. The molecule has 0 radical (unpaired) electrons. The van der Waals surface area contributed by atoms with Crippen molar-refractivity contribution in [2.75, 3.05) is 20.1 Å². The molecule has 0 saturated carbocycles. The van der Waals surface area contributed by atoms with Gasteiger partial charge in [0.05, 0.1) is 0 Å². The van der Waals surface area contributed by atoms with Gasteiger partial charge < -0.3 is 11.1 Å². The number of likely N-dealkylation sites (N-methyl/N-ethyl adjacent to an activating group) is 1. The Morgan fingerprint density at radius 1 is 1.08 bits per heavy atom. The summed E-state index contributed by atoms with van der Waals surface area (Å²) in [6.07, 6.45) is 4.08. The number of hydrogen-bond donors (Lipinski definition) is 2. The molecule has 2 nitrogen and oxygen atoms in total. The lowest BCUT2D eigenvalue weighted by molar-refractivity contribution is 0.772. The monoisotopic (exact) mass is 176 g/mol. The van der Waals surface area contributed by atoms with Crippen molar-refractivity contribution >= 4 is 0 Å². The van der Waals surface area contributed by atoms with Crippen LogP contribution in [0.1, 0.15) is 47.0 Å². The average molecular weight is 176 g/mol. The number of rotatable bonds is 4. The van der Waals surface area contributed by atoms with E-state index in [4.69, 9.17) is 5.73 Å². The van der Waals surface area contributed by atoms with Crippen LogP contribution in [0.5, 0.6) is 0 Å². The van der Waals surface area contributed by atoms with Crippen molar-refractivity contribution in [1.29, 1.82) is 0 Å². The smallest absolute Gasteiger partial charge is 0.00714 e. The molecule has 0 aromatic carbocycles. The van der Waals surface area contributed by atoms with Crippen LogP contribution in [0.2, 0.25) is 0 Å². The number of hydrogen-bond acceptors (Lipinski definition) is 2. The zero-order valence-corrected chi connectivity index (χ0v) is 9.61. The molecule has 0 aromatic rings. The number of nitrogens with two attached hydrogens (primary N) is 1. The molecule has 12 heavy (non-hydrogen) atoms. The van der Waals surface area contributed by atoms with E-state index in [1.165, 1.54) is 19.3 Å². The Balaban J connectivity index is -0.000000112. The Bertz CT molecular complexity index is 28.8. The third-order valence-electron chi connectivity index (χ3n) is 1.10. The van der Waals surface area contributed by atoms with E-state index in [1.54, 1.807) is 0 Å². The molecule has 0 aromatic heterocycles. The van der Waals surface area contributed by atoms with Gasteiger partial charge in [0.15, 0.2) is 0 Å². The molecule has 0 aliphatic carbocycles. The summed E-state index contributed by atoms with van der Waals surface area (Å²) < 4.78 is 0. The summed E-state index contributed by atoms with van der Waals surface area (Å²) in [4.78, 5) is 0. The van der Waals surface area contributed by atoms with Gasteiger partial charge in [-0.1, -0.05) is 47.0 Å². The Morgan fingerprint density at radius 2 is 1.50 bits per heavy atom. The van der Waals surface area contributed by atoms with Gasteiger partial charge in [0.25, 0.3) is 0 Å². The first-order valence-electron chi connectivity index (χ1n) is 5.18. The van der Waals surface area contributed by atoms with Crippen LogP contribution in [-0.4, -0.2) is 20.1 Å². The highest BCUT2D eigenvalue weighted by Gasteiger charge is 1.68. The first kappa shape index (κ1) is 17.9. The molecule has 0 heterocycles. The highest BCUT2D eigenvalue weighted by Crippen LogP contribution is 1.88. The molecule has 0 unspecified atom stereocenters. The fourth-order valence-corrected chi connectivity index (χ4v) is 0.498. The van der Waals surface area contributed by atoms with E-state index in [1.807, 2.05) is 20.9 Å². The van der Waals surface area contributed by atoms with Crippen LogP contribution in [-0.2, 0) is 0 Å². The lowest BCUT2D eigenvalue weighted by Crippen LogP contribution is -2.17. The standard InChI is InChI=1S/C5H12.C3H10N2.C2H6/c1-3-5-4-2;1-5-3-2-4;1-2/h3-5H2,1-2H3;5H,2-4H2,1H3;1-2H3. The van der Waals surface area contributed by atoms with Crippen LogP contribution in [0.25, 0.3) is 0 Å². The third-order valence-corrected chi connectivity index (χ3v) is 1.10. The van der Waals surface area contributed by atoms with Gasteiger partial charge in [-0.05, 0) is 7.05 Å². The van der Waals surface area contributed by atoms with Crippen molar-refractivity contribution < 1.29 is 0 Å². The number of unbranched alkanes of at least 4 members (excludes halogenated alkanes) is 2. The molecule has 78 valence electrons. The average Bonchev–Trinajstić information content (AvgIpc) is 2.12. The normalized spacial score (nSPS) is 7.50. The van der Waals surface area contributed by atoms with Crippen molar-refractivity contribution in [2.24, 2.45) is 5.73 Å². The molecule has 0 aliphatic rings. The molecule has 0 atom stereocenters. The van der Waals surface area contributed by atoms with E-state index in [9.17, 15) is 0 Å². The maximum Gasteiger partial charge on any atom is 0.00714 e. The zero-order valence-electron chi connectivity index (χ0n) is 9.61. The lowest BCUT2D eigenvalue weighted by atomic mass is 10.3. The van der Waals surface area contributed by atoms with Gasteiger partial charge >= 0.3 is 0 Å². The van der Waals surface area contributed by atoms with E-state index in [2.05, 4.69) is 19.2 Å². The van der Waals surface area contributed by atoms with Gasteiger partial charge in [-0.3, -0.25) is 0 Å². The molecule has 0 fully saturated rings. The van der Waals surface area contributed by atoms with Gasteiger partial charge in [-0.25, -0.2) is 0 Å². The highest BCUT2D eigenvalue weighted by molar-refractivity contribution is 4.33. The molecule has 0 rings (SSSR count). The van der Waals surface area contributed by atoms with Gasteiger partial charge in [0.2, 0.25) is 0 Å². The predicted molar refractivity (Wildman–Crippen MR) is 59.5 cm³/mol. The zero-order chi connectivity index (χ0) is 10.2. The topological polar surface area (TPSA) is 38.0 Å². The van der Waals surface area contributed by atoms with Crippen LogP contribution in [0.15, 0.2) is 0 Å². The Labute approximate surface area is 78.9 Å². The second-order valence-corrected chi connectivity index (χ2v) is 2.25. The molecule has 3 N–H and O–H groups in total. The Morgan fingerprint density at radius 3 is 1.50 bits per heavy atom. The first-order chi connectivity index (χ1) is 5.83. The molecule has 2 heteroatoms. The van der Waals surface area contributed by atoms with Gasteiger partial charge in [-0.15, -0.1) is 0 Å². The molecule has 0 saturated heterocycles. The van der Waals surface area contributed by atoms with Crippen molar-refractivity contribution in [3.05, 3.63) is 0 Å².